The zero-order valence-corrected chi connectivity index (χ0v) is 14.3. The molecule has 0 saturated carbocycles. The smallest absolute Gasteiger partial charge is 0.301 e. The van der Waals surface area contributed by atoms with Crippen molar-refractivity contribution in [3.63, 3.8) is 0 Å². The lowest BCUT2D eigenvalue weighted by molar-refractivity contribution is -0.121. The number of halogens is 1. The third-order valence-electron chi connectivity index (χ3n) is 4.27. The van der Waals surface area contributed by atoms with Crippen LogP contribution in [0, 0.1) is 20.8 Å². The maximum absolute atomic E-state index is 12.8. The molecule has 5 heteroatoms. The minimum absolute atomic E-state index is 0.0162. The molecule has 0 spiro atoms. The van der Waals surface area contributed by atoms with E-state index >= 15 is 0 Å². The summed E-state index contributed by atoms with van der Waals surface area (Å²) in [4.78, 5) is 26.3. The maximum atomic E-state index is 12.8. The van der Waals surface area contributed by atoms with Gasteiger partial charge in [0.05, 0.1) is 11.3 Å². The molecule has 0 fully saturated rings. The van der Waals surface area contributed by atoms with Crippen molar-refractivity contribution in [3.8, 4) is 0 Å². The number of nitrogens with zero attached hydrogens (tertiary/aromatic N) is 1. The summed E-state index contributed by atoms with van der Waals surface area (Å²) >= 11 is 5.99. The molecule has 1 heterocycles. The van der Waals surface area contributed by atoms with Crippen LogP contribution in [-0.4, -0.2) is 16.9 Å². The zero-order valence-electron chi connectivity index (χ0n) is 13.6. The van der Waals surface area contributed by atoms with Crippen molar-refractivity contribution >= 4 is 34.7 Å². The second kappa shape index (κ2) is 5.80. The number of carbonyl (C=O) groups excluding carboxylic acids is 2. The fraction of sp³-hybridized carbons (Fsp3) is 0.158. The molecule has 0 unspecified atom stereocenters. The summed E-state index contributed by atoms with van der Waals surface area (Å²) in [7, 11) is 0. The third kappa shape index (κ3) is 2.49. The summed E-state index contributed by atoms with van der Waals surface area (Å²) in [5.74, 6) is -1.83. The number of rotatable bonds is 2. The Hall–Kier alpha value is -2.59. The number of aliphatic hydroxyl groups is 1. The first-order valence-corrected chi connectivity index (χ1v) is 7.85. The van der Waals surface area contributed by atoms with Crippen LogP contribution in [0.25, 0.3) is 5.57 Å². The van der Waals surface area contributed by atoms with E-state index in [0.717, 1.165) is 21.6 Å². The van der Waals surface area contributed by atoms with E-state index in [1.54, 1.807) is 37.3 Å². The largest absolute Gasteiger partial charge is 0.502 e. The first kappa shape index (κ1) is 16.3. The highest BCUT2D eigenvalue weighted by Gasteiger charge is 2.40. The molecular formula is C19H16ClNO3. The minimum Gasteiger partial charge on any atom is -0.502 e. The van der Waals surface area contributed by atoms with Crippen LogP contribution >= 0.6 is 11.6 Å². The predicted octanol–water partition coefficient (Wildman–Crippen LogP) is 4.11. The number of amides is 2. The molecule has 0 saturated heterocycles. The van der Waals surface area contributed by atoms with Gasteiger partial charge in [-0.25, -0.2) is 4.90 Å². The average Bonchev–Trinajstić information content (AvgIpc) is 2.75. The molecule has 122 valence electrons. The monoisotopic (exact) mass is 341 g/mol. The molecule has 3 rings (SSSR count). The zero-order chi connectivity index (χ0) is 17.6. The lowest BCUT2D eigenvalue weighted by Gasteiger charge is -2.17. The fourth-order valence-corrected chi connectivity index (χ4v) is 2.88. The Labute approximate surface area is 145 Å². The van der Waals surface area contributed by atoms with Crippen molar-refractivity contribution in [1.29, 1.82) is 0 Å². The number of aliphatic hydroxyl groups excluding tert-OH is 1. The van der Waals surface area contributed by atoms with Gasteiger partial charge in [0, 0.05) is 5.02 Å². The van der Waals surface area contributed by atoms with E-state index < -0.39 is 17.6 Å². The number of hydrogen-bond acceptors (Lipinski definition) is 3. The van der Waals surface area contributed by atoms with E-state index in [-0.39, 0.29) is 5.57 Å². The van der Waals surface area contributed by atoms with Crippen molar-refractivity contribution in [3.05, 3.63) is 69.4 Å². The number of anilines is 1. The van der Waals surface area contributed by atoms with Crippen LogP contribution < -0.4 is 4.90 Å². The number of imide groups is 1. The summed E-state index contributed by atoms with van der Waals surface area (Å²) in [6.45, 7) is 5.64. The highest BCUT2D eigenvalue weighted by atomic mass is 35.5. The standard InChI is InChI=1S/C19H16ClNO3/c1-10-4-6-13(8-12(10)3)16-17(22)19(24)21(18(16)23)15-9-14(20)7-5-11(15)2/h4-9,22H,1-3H3. The predicted molar refractivity (Wildman–Crippen MR) is 94.1 cm³/mol. The molecule has 24 heavy (non-hydrogen) atoms. The van der Waals surface area contributed by atoms with Crippen molar-refractivity contribution in [2.24, 2.45) is 0 Å². The van der Waals surface area contributed by atoms with Crippen molar-refractivity contribution in [2.75, 3.05) is 4.90 Å². The average molecular weight is 342 g/mol. The van der Waals surface area contributed by atoms with Crippen LogP contribution in [0.15, 0.2) is 42.2 Å². The van der Waals surface area contributed by atoms with Crippen LogP contribution in [0.4, 0.5) is 5.69 Å². The summed E-state index contributed by atoms with van der Waals surface area (Å²) in [5, 5.41) is 10.7. The molecular weight excluding hydrogens is 326 g/mol. The van der Waals surface area contributed by atoms with E-state index in [1.807, 2.05) is 19.9 Å². The van der Waals surface area contributed by atoms with Gasteiger partial charge in [0.1, 0.15) is 0 Å². The molecule has 2 aromatic carbocycles. The number of aryl methyl sites for hydroxylation is 3. The molecule has 0 aromatic heterocycles. The topological polar surface area (TPSA) is 57.6 Å². The highest BCUT2D eigenvalue weighted by Crippen LogP contribution is 2.35. The highest BCUT2D eigenvalue weighted by molar-refractivity contribution is 6.45. The Bertz CT molecular complexity index is 915. The van der Waals surface area contributed by atoms with Gasteiger partial charge in [-0.15, -0.1) is 0 Å². The summed E-state index contributed by atoms with van der Waals surface area (Å²) < 4.78 is 0. The van der Waals surface area contributed by atoms with Crippen LogP contribution in [0.5, 0.6) is 0 Å². The second-order valence-electron chi connectivity index (χ2n) is 5.90. The number of benzene rings is 2. The van der Waals surface area contributed by atoms with E-state index in [0.29, 0.717) is 16.3 Å². The summed E-state index contributed by atoms with van der Waals surface area (Å²) in [5.41, 5.74) is 3.68. The first-order chi connectivity index (χ1) is 11.3. The van der Waals surface area contributed by atoms with Crippen LogP contribution in [0.3, 0.4) is 0 Å². The molecule has 1 aliphatic rings. The van der Waals surface area contributed by atoms with Gasteiger partial charge < -0.3 is 5.11 Å². The molecule has 1 N–H and O–H groups in total. The van der Waals surface area contributed by atoms with Crippen molar-refractivity contribution in [2.45, 2.75) is 20.8 Å². The summed E-state index contributed by atoms with van der Waals surface area (Å²) in [6, 6.07) is 10.3. The molecule has 1 aliphatic heterocycles. The molecule has 0 atom stereocenters. The molecule has 0 bridgehead atoms. The Kier molecular flexibility index (Phi) is 3.93. The third-order valence-corrected chi connectivity index (χ3v) is 4.50. The van der Waals surface area contributed by atoms with Gasteiger partial charge in [-0.1, -0.05) is 35.9 Å². The van der Waals surface area contributed by atoms with Crippen molar-refractivity contribution in [1.82, 2.24) is 0 Å². The van der Waals surface area contributed by atoms with Gasteiger partial charge in [-0.2, -0.15) is 0 Å². The van der Waals surface area contributed by atoms with Crippen LogP contribution in [0.1, 0.15) is 22.3 Å². The van der Waals surface area contributed by atoms with Crippen molar-refractivity contribution < 1.29 is 14.7 Å². The quantitative estimate of drug-likeness (QED) is 0.836. The van der Waals surface area contributed by atoms with Gasteiger partial charge in [-0.3, -0.25) is 9.59 Å². The SMILES string of the molecule is Cc1ccc(C2=C(O)C(=O)N(c3cc(Cl)ccc3C)C2=O)cc1C. The lowest BCUT2D eigenvalue weighted by atomic mass is 10.00. The molecule has 2 aromatic rings. The Morgan fingerprint density at radius 3 is 2.21 bits per heavy atom. The van der Waals surface area contributed by atoms with Crippen LogP contribution in [-0.2, 0) is 9.59 Å². The molecule has 2 amide bonds. The second-order valence-corrected chi connectivity index (χ2v) is 6.34. The van der Waals surface area contributed by atoms with Gasteiger partial charge in [0.25, 0.3) is 5.91 Å². The van der Waals surface area contributed by atoms with Gasteiger partial charge >= 0.3 is 5.91 Å². The normalized spacial score (nSPS) is 14.8. The first-order valence-electron chi connectivity index (χ1n) is 7.47. The molecule has 4 nitrogen and oxygen atoms in total. The van der Waals surface area contributed by atoms with Gasteiger partial charge in [0.2, 0.25) is 0 Å². The van der Waals surface area contributed by atoms with E-state index in [2.05, 4.69) is 0 Å². The Balaban J connectivity index is 2.11. The summed E-state index contributed by atoms with van der Waals surface area (Å²) in [6.07, 6.45) is 0. The van der Waals surface area contributed by atoms with E-state index in [4.69, 9.17) is 11.6 Å². The maximum Gasteiger partial charge on any atom is 0.301 e. The lowest BCUT2D eigenvalue weighted by Crippen LogP contribution is -2.32. The molecule has 0 radical (unpaired) electrons. The molecule has 0 aliphatic carbocycles. The minimum atomic E-state index is -0.737. The van der Waals surface area contributed by atoms with Gasteiger partial charge in [-0.05, 0) is 55.2 Å². The van der Waals surface area contributed by atoms with Gasteiger partial charge in [0.15, 0.2) is 5.76 Å². The van der Waals surface area contributed by atoms with E-state index in [9.17, 15) is 14.7 Å². The van der Waals surface area contributed by atoms with E-state index in [1.165, 1.54) is 0 Å². The fourth-order valence-electron chi connectivity index (χ4n) is 2.72. The Morgan fingerprint density at radius 2 is 1.54 bits per heavy atom. The Morgan fingerprint density at radius 1 is 0.875 bits per heavy atom. The van der Waals surface area contributed by atoms with Crippen LogP contribution in [0.2, 0.25) is 5.02 Å². The number of hydrogen-bond donors (Lipinski definition) is 1. The number of carbonyl (C=O) groups is 2.